The fourth-order valence-corrected chi connectivity index (χ4v) is 1.90. The second kappa shape index (κ2) is 7.26. The molecule has 0 aliphatic heterocycles. The summed E-state index contributed by atoms with van der Waals surface area (Å²) in [7, 11) is 0. The van der Waals surface area contributed by atoms with Crippen LogP contribution in [0.4, 0.5) is 18.9 Å². The van der Waals surface area contributed by atoms with E-state index in [4.69, 9.17) is 5.11 Å². The van der Waals surface area contributed by atoms with Gasteiger partial charge in [0.15, 0.2) is 0 Å². The molecule has 122 valence electrons. The lowest BCUT2D eigenvalue weighted by molar-refractivity contribution is -0.137. The lowest BCUT2D eigenvalue weighted by Crippen LogP contribution is -2.33. The van der Waals surface area contributed by atoms with Crippen LogP contribution in [0.25, 0.3) is 0 Å². The van der Waals surface area contributed by atoms with Gasteiger partial charge in [-0.1, -0.05) is 0 Å². The molecule has 0 spiro atoms. The number of benzene rings is 1. The zero-order chi connectivity index (χ0) is 16.9. The van der Waals surface area contributed by atoms with Gasteiger partial charge in [0.05, 0.1) is 12.2 Å². The summed E-state index contributed by atoms with van der Waals surface area (Å²) in [6.07, 6.45) is -4.64. The van der Waals surface area contributed by atoms with E-state index in [-0.39, 0.29) is 30.9 Å². The molecule has 0 heterocycles. The minimum atomic E-state index is -4.64. The van der Waals surface area contributed by atoms with Crippen LogP contribution in [0.2, 0.25) is 0 Å². The molecule has 2 amide bonds. The molecule has 5 nitrogen and oxygen atoms in total. The quantitative estimate of drug-likeness (QED) is 0.874. The highest BCUT2D eigenvalue weighted by Gasteiger charge is 2.32. The molecule has 0 radical (unpaired) electrons. The fraction of sp³-hybridized carbons (Fsp3) is 0.429. The van der Waals surface area contributed by atoms with Crippen LogP contribution in [0.1, 0.15) is 29.8 Å². The maximum absolute atomic E-state index is 12.9. The number of likely N-dealkylation sites (N-methyl/N-ethyl adjacent to an activating group) is 1. The molecule has 0 aromatic heterocycles. The molecule has 1 aromatic rings. The van der Waals surface area contributed by atoms with Gasteiger partial charge in [-0.05, 0) is 25.1 Å². The van der Waals surface area contributed by atoms with Crippen LogP contribution in [0, 0.1) is 0 Å². The van der Waals surface area contributed by atoms with Crippen molar-refractivity contribution in [3.8, 4) is 0 Å². The number of hydrogen-bond donors (Lipinski definition) is 2. The van der Waals surface area contributed by atoms with Gasteiger partial charge in [-0.2, -0.15) is 13.2 Å². The molecule has 0 atom stereocenters. The van der Waals surface area contributed by atoms with Crippen molar-refractivity contribution >= 4 is 17.5 Å². The minimum Gasteiger partial charge on any atom is -0.395 e. The molecule has 0 unspecified atom stereocenters. The van der Waals surface area contributed by atoms with E-state index in [2.05, 4.69) is 5.32 Å². The van der Waals surface area contributed by atoms with Gasteiger partial charge in [-0.15, -0.1) is 0 Å². The highest BCUT2D eigenvalue weighted by molar-refractivity contribution is 5.97. The van der Waals surface area contributed by atoms with Crippen molar-refractivity contribution < 1.29 is 27.9 Å². The summed E-state index contributed by atoms with van der Waals surface area (Å²) in [6, 6.07) is 2.67. The monoisotopic (exact) mass is 318 g/mol. The number of hydrogen-bond acceptors (Lipinski definition) is 3. The van der Waals surface area contributed by atoms with Crippen molar-refractivity contribution in [3.05, 3.63) is 29.3 Å². The van der Waals surface area contributed by atoms with E-state index in [1.807, 2.05) is 0 Å². The van der Waals surface area contributed by atoms with Crippen LogP contribution in [0.15, 0.2) is 18.2 Å². The molecule has 2 N–H and O–H groups in total. The van der Waals surface area contributed by atoms with Gasteiger partial charge in [-0.25, -0.2) is 0 Å². The maximum atomic E-state index is 12.9. The maximum Gasteiger partial charge on any atom is 0.416 e. The minimum absolute atomic E-state index is 0.0149. The highest BCUT2D eigenvalue weighted by atomic mass is 19.4. The van der Waals surface area contributed by atoms with Gasteiger partial charge in [0.1, 0.15) is 0 Å². The summed E-state index contributed by atoms with van der Waals surface area (Å²) in [5.41, 5.74) is -1.33. The first kappa shape index (κ1) is 18.0. The van der Waals surface area contributed by atoms with E-state index in [1.54, 1.807) is 6.92 Å². The largest absolute Gasteiger partial charge is 0.416 e. The Balaban J connectivity index is 3.27. The Bertz CT molecular complexity index is 559. The van der Waals surface area contributed by atoms with E-state index in [0.29, 0.717) is 0 Å². The van der Waals surface area contributed by atoms with E-state index in [9.17, 15) is 22.8 Å². The van der Waals surface area contributed by atoms with E-state index in [0.717, 1.165) is 19.1 Å². The first-order valence-corrected chi connectivity index (χ1v) is 6.59. The predicted molar refractivity (Wildman–Crippen MR) is 74.4 cm³/mol. The number of carbonyl (C=O) groups excluding carboxylic acids is 2. The van der Waals surface area contributed by atoms with E-state index < -0.39 is 23.6 Å². The number of halogens is 3. The third-order valence-electron chi connectivity index (χ3n) is 2.87. The number of rotatable bonds is 5. The molecule has 0 saturated heterocycles. The number of carbonyl (C=O) groups is 2. The van der Waals surface area contributed by atoms with Gasteiger partial charge in [-0.3, -0.25) is 9.59 Å². The molecule has 0 aliphatic carbocycles. The molecule has 1 rings (SSSR count). The summed E-state index contributed by atoms with van der Waals surface area (Å²) >= 11 is 0. The standard InChI is InChI=1S/C14H17F3N2O3/c1-3-19(4-5-20)13(22)10-6-11(14(15,16)17)8-12(7-10)18-9(2)21/h6-8,20H,3-5H2,1-2H3,(H,18,21). The predicted octanol–water partition coefficient (Wildman–Crippen LogP) is 2.12. The van der Waals surface area contributed by atoms with Crippen LogP contribution in [-0.2, 0) is 11.0 Å². The molecule has 8 heteroatoms. The van der Waals surface area contributed by atoms with Crippen molar-refractivity contribution in [1.82, 2.24) is 4.90 Å². The summed E-state index contributed by atoms with van der Waals surface area (Å²) in [5.74, 6) is -1.19. The highest BCUT2D eigenvalue weighted by Crippen LogP contribution is 2.32. The summed E-state index contributed by atoms with van der Waals surface area (Å²) in [5, 5.41) is 11.1. The molecule has 0 aliphatic rings. The van der Waals surface area contributed by atoms with Crippen molar-refractivity contribution in [1.29, 1.82) is 0 Å². The average Bonchev–Trinajstić information content (AvgIpc) is 2.42. The number of nitrogens with one attached hydrogen (secondary N) is 1. The van der Waals surface area contributed by atoms with E-state index in [1.165, 1.54) is 11.0 Å². The van der Waals surface area contributed by atoms with Gasteiger partial charge in [0.25, 0.3) is 5.91 Å². The normalized spacial score (nSPS) is 11.2. The molecular formula is C14H17F3N2O3. The molecular weight excluding hydrogens is 301 g/mol. The zero-order valence-corrected chi connectivity index (χ0v) is 12.2. The third-order valence-corrected chi connectivity index (χ3v) is 2.87. The van der Waals surface area contributed by atoms with Crippen LogP contribution in [-0.4, -0.2) is 41.5 Å². The SMILES string of the molecule is CCN(CCO)C(=O)c1cc(NC(C)=O)cc(C(F)(F)F)c1. The average molecular weight is 318 g/mol. The summed E-state index contributed by atoms with van der Waals surface area (Å²) < 4.78 is 38.7. The lowest BCUT2D eigenvalue weighted by atomic mass is 10.1. The topological polar surface area (TPSA) is 69.6 Å². The number of anilines is 1. The second-order valence-corrected chi connectivity index (χ2v) is 4.59. The molecule has 22 heavy (non-hydrogen) atoms. The zero-order valence-electron chi connectivity index (χ0n) is 12.2. The number of amides is 2. The van der Waals surface area contributed by atoms with Gasteiger partial charge in [0.2, 0.25) is 5.91 Å². The molecule has 0 fully saturated rings. The Labute approximate surface area is 125 Å². The summed E-state index contributed by atoms with van der Waals surface area (Å²) in [6.45, 7) is 2.77. The van der Waals surface area contributed by atoms with Crippen LogP contribution in [0.5, 0.6) is 0 Å². The Kier molecular flexibility index (Phi) is 5.92. The van der Waals surface area contributed by atoms with Crippen molar-refractivity contribution in [2.24, 2.45) is 0 Å². The molecule has 1 aromatic carbocycles. The first-order chi connectivity index (χ1) is 10.2. The number of nitrogens with zero attached hydrogens (tertiary/aromatic N) is 1. The van der Waals surface area contributed by atoms with Crippen LogP contribution >= 0.6 is 0 Å². The number of aliphatic hydroxyl groups is 1. The van der Waals surface area contributed by atoms with Gasteiger partial charge >= 0.3 is 6.18 Å². The molecule has 0 saturated carbocycles. The van der Waals surface area contributed by atoms with Crippen molar-refractivity contribution in [3.63, 3.8) is 0 Å². The van der Waals surface area contributed by atoms with E-state index >= 15 is 0 Å². The second-order valence-electron chi connectivity index (χ2n) is 4.59. The Hall–Kier alpha value is -2.09. The Morgan fingerprint density at radius 1 is 1.27 bits per heavy atom. The van der Waals surface area contributed by atoms with Gasteiger partial charge in [0, 0.05) is 31.3 Å². The lowest BCUT2D eigenvalue weighted by Gasteiger charge is -2.21. The summed E-state index contributed by atoms with van der Waals surface area (Å²) in [4.78, 5) is 24.5. The van der Waals surface area contributed by atoms with Gasteiger partial charge < -0.3 is 15.3 Å². The van der Waals surface area contributed by atoms with Crippen molar-refractivity contribution in [2.75, 3.05) is 25.0 Å². The van der Waals surface area contributed by atoms with Crippen LogP contribution in [0.3, 0.4) is 0 Å². The molecule has 0 bridgehead atoms. The number of aliphatic hydroxyl groups excluding tert-OH is 1. The third kappa shape index (κ3) is 4.73. The Morgan fingerprint density at radius 3 is 2.36 bits per heavy atom. The van der Waals surface area contributed by atoms with Crippen molar-refractivity contribution in [2.45, 2.75) is 20.0 Å². The Morgan fingerprint density at radius 2 is 1.91 bits per heavy atom. The van der Waals surface area contributed by atoms with Crippen LogP contribution < -0.4 is 5.32 Å². The number of alkyl halides is 3. The first-order valence-electron chi connectivity index (χ1n) is 6.59. The smallest absolute Gasteiger partial charge is 0.395 e. The fourth-order valence-electron chi connectivity index (χ4n) is 1.90.